The van der Waals surface area contributed by atoms with E-state index in [1.807, 2.05) is 0 Å². The van der Waals surface area contributed by atoms with Crippen LogP contribution >= 0.6 is 0 Å². The number of nitrogens with zero attached hydrogens (tertiary/aromatic N) is 4. The molecule has 0 bridgehead atoms. The number of likely N-dealkylation sites (tertiary alicyclic amines) is 1. The summed E-state index contributed by atoms with van der Waals surface area (Å²) in [6.45, 7) is 1.88. The number of aromatic nitrogens is 1. The van der Waals surface area contributed by atoms with Gasteiger partial charge in [-0.1, -0.05) is 12.1 Å². The molecule has 8 heteroatoms. The number of piperidine rings is 1. The predicted molar refractivity (Wildman–Crippen MR) is 105 cm³/mol. The third-order valence-electron chi connectivity index (χ3n) is 5.25. The fourth-order valence-electron chi connectivity index (χ4n) is 3.76. The zero-order chi connectivity index (χ0) is 20.2. The number of ether oxygens (including phenoxy) is 1. The summed E-state index contributed by atoms with van der Waals surface area (Å²) in [7, 11) is 0. The molecule has 2 aliphatic rings. The van der Waals surface area contributed by atoms with E-state index >= 15 is 0 Å². The van der Waals surface area contributed by atoms with E-state index in [1.54, 1.807) is 47.6 Å². The molecule has 0 spiro atoms. The molecule has 1 unspecified atom stereocenters. The van der Waals surface area contributed by atoms with Crippen LogP contribution in [0.2, 0.25) is 0 Å². The Balaban J connectivity index is 1.34. The van der Waals surface area contributed by atoms with Crippen molar-refractivity contribution in [2.24, 2.45) is 0 Å². The van der Waals surface area contributed by atoms with Crippen LogP contribution in [0.1, 0.15) is 12.8 Å². The molecule has 0 aliphatic carbocycles. The van der Waals surface area contributed by atoms with Gasteiger partial charge in [0.2, 0.25) is 5.91 Å². The highest BCUT2D eigenvalue weighted by Gasteiger charge is 2.34. The lowest BCUT2D eigenvalue weighted by atomic mass is 10.1. The minimum Gasteiger partial charge on any atom is -0.488 e. The Labute approximate surface area is 168 Å². The number of hydrogen-bond donors (Lipinski definition) is 0. The van der Waals surface area contributed by atoms with Crippen molar-refractivity contribution in [3.8, 4) is 5.75 Å². The van der Waals surface area contributed by atoms with Crippen molar-refractivity contribution < 1.29 is 18.7 Å². The maximum absolute atomic E-state index is 14.0. The van der Waals surface area contributed by atoms with Crippen LogP contribution in [0, 0.1) is 5.82 Å². The van der Waals surface area contributed by atoms with Gasteiger partial charge in [-0.05, 0) is 37.1 Å². The van der Waals surface area contributed by atoms with Gasteiger partial charge in [0.05, 0.1) is 12.2 Å². The molecule has 1 atom stereocenters. The van der Waals surface area contributed by atoms with Crippen molar-refractivity contribution in [2.45, 2.75) is 18.9 Å². The molecule has 2 aromatic rings. The molecule has 2 fully saturated rings. The monoisotopic (exact) mass is 398 g/mol. The summed E-state index contributed by atoms with van der Waals surface area (Å²) in [6.07, 6.45) is 4.97. The summed E-state index contributed by atoms with van der Waals surface area (Å²) < 4.78 is 20.0. The average molecular weight is 398 g/mol. The molecule has 3 amide bonds. The Bertz CT molecular complexity index is 879. The van der Waals surface area contributed by atoms with E-state index in [0.717, 1.165) is 18.6 Å². The number of rotatable bonds is 5. The average Bonchev–Trinajstić information content (AvgIpc) is 3.09. The molecule has 1 aromatic carbocycles. The number of pyridine rings is 1. The Hall–Kier alpha value is -3.16. The van der Waals surface area contributed by atoms with E-state index in [1.165, 1.54) is 15.9 Å². The molecule has 3 heterocycles. The number of para-hydroxylation sites is 1. The topological polar surface area (TPSA) is 66.0 Å². The molecule has 0 saturated carbocycles. The quantitative estimate of drug-likeness (QED) is 0.776. The van der Waals surface area contributed by atoms with Gasteiger partial charge in [0.1, 0.15) is 24.2 Å². The number of carbonyl (C=O) groups excluding carboxylic acids is 2. The number of hydrogen-bond acceptors (Lipinski definition) is 4. The zero-order valence-electron chi connectivity index (χ0n) is 16.0. The fraction of sp³-hybridized carbons (Fsp3) is 0.381. The fourth-order valence-corrected chi connectivity index (χ4v) is 3.76. The number of benzene rings is 1. The third-order valence-corrected chi connectivity index (χ3v) is 5.25. The number of amides is 3. The zero-order valence-corrected chi connectivity index (χ0v) is 16.0. The van der Waals surface area contributed by atoms with Crippen molar-refractivity contribution in [3.63, 3.8) is 0 Å². The highest BCUT2D eigenvalue weighted by atomic mass is 19.1. The maximum atomic E-state index is 14.0. The summed E-state index contributed by atoms with van der Waals surface area (Å²) in [6, 6.07) is 9.42. The van der Waals surface area contributed by atoms with Gasteiger partial charge in [-0.2, -0.15) is 0 Å². The van der Waals surface area contributed by atoms with E-state index in [9.17, 15) is 14.0 Å². The normalized spacial score (nSPS) is 19.6. The first kappa shape index (κ1) is 19.2. The summed E-state index contributed by atoms with van der Waals surface area (Å²) in [4.78, 5) is 34.0. The minimum absolute atomic E-state index is 0.00817. The van der Waals surface area contributed by atoms with Crippen LogP contribution in [0.25, 0.3) is 0 Å². The van der Waals surface area contributed by atoms with Crippen LogP contribution in [0.4, 0.5) is 14.9 Å². The van der Waals surface area contributed by atoms with Crippen LogP contribution in [0.5, 0.6) is 5.75 Å². The van der Waals surface area contributed by atoms with Gasteiger partial charge >= 0.3 is 6.03 Å². The number of halogens is 1. The van der Waals surface area contributed by atoms with Crippen molar-refractivity contribution in [1.29, 1.82) is 0 Å². The van der Waals surface area contributed by atoms with Crippen molar-refractivity contribution >= 4 is 17.6 Å². The molecule has 152 valence electrons. The lowest BCUT2D eigenvalue weighted by molar-refractivity contribution is -0.134. The third kappa shape index (κ3) is 4.31. The lowest BCUT2D eigenvalue weighted by Gasteiger charge is -2.33. The van der Waals surface area contributed by atoms with Gasteiger partial charge in [0, 0.05) is 32.0 Å². The SMILES string of the molecule is O=C(CN1CCN(c2ccccc2F)C1=O)N1CCCC(Oc2ccncc2)C1. The molecular formula is C21H23FN4O3. The highest BCUT2D eigenvalue weighted by molar-refractivity contribution is 5.96. The minimum atomic E-state index is -0.443. The second-order valence-electron chi connectivity index (χ2n) is 7.21. The molecule has 29 heavy (non-hydrogen) atoms. The molecule has 4 rings (SSSR count). The van der Waals surface area contributed by atoms with Crippen molar-refractivity contribution in [3.05, 3.63) is 54.6 Å². The molecule has 2 aliphatic heterocycles. The summed E-state index contributed by atoms with van der Waals surface area (Å²) in [5.41, 5.74) is 0.247. The summed E-state index contributed by atoms with van der Waals surface area (Å²) in [5, 5.41) is 0. The van der Waals surface area contributed by atoms with Gasteiger partial charge < -0.3 is 14.5 Å². The van der Waals surface area contributed by atoms with Crippen LogP contribution in [0.3, 0.4) is 0 Å². The van der Waals surface area contributed by atoms with E-state index in [-0.39, 0.29) is 30.3 Å². The van der Waals surface area contributed by atoms with Gasteiger partial charge in [-0.25, -0.2) is 9.18 Å². The smallest absolute Gasteiger partial charge is 0.325 e. The van der Waals surface area contributed by atoms with E-state index in [0.29, 0.717) is 26.2 Å². The second kappa shape index (κ2) is 8.46. The maximum Gasteiger partial charge on any atom is 0.325 e. The number of anilines is 1. The number of carbonyl (C=O) groups is 2. The molecular weight excluding hydrogens is 375 g/mol. The van der Waals surface area contributed by atoms with Crippen molar-refractivity contribution in [1.82, 2.24) is 14.8 Å². The Kier molecular flexibility index (Phi) is 5.59. The summed E-state index contributed by atoms with van der Waals surface area (Å²) in [5.74, 6) is 0.174. The summed E-state index contributed by atoms with van der Waals surface area (Å²) >= 11 is 0. The first-order valence-electron chi connectivity index (χ1n) is 9.77. The van der Waals surface area contributed by atoms with Gasteiger partial charge in [0.25, 0.3) is 0 Å². The van der Waals surface area contributed by atoms with E-state index < -0.39 is 5.82 Å². The van der Waals surface area contributed by atoms with E-state index in [2.05, 4.69) is 4.98 Å². The molecule has 2 saturated heterocycles. The molecule has 7 nitrogen and oxygen atoms in total. The van der Waals surface area contributed by atoms with Crippen LogP contribution < -0.4 is 9.64 Å². The standard InChI is InChI=1S/C21H23FN4O3/c22-18-5-1-2-6-19(18)26-13-12-25(21(26)28)15-20(27)24-11-3-4-17(14-24)29-16-7-9-23-10-8-16/h1-2,5-10,17H,3-4,11-15H2. The lowest BCUT2D eigenvalue weighted by Crippen LogP contribution is -2.48. The van der Waals surface area contributed by atoms with Crippen LogP contribution in [0.15, 0.2) is 48.8 Å². The van der Waals surface area contributed by atoms with Crippen molar-refractivity contribution in [2.75, 3.05) is 37.6 Å². The Morgan fingerprint density at radius 2 is 1.93 bits per heavy atom. The predicted octanol–water partition coefficient (Wildman–Crippen LogP) is 2.53. The van der Waals surface area contributed by atoms with E-state index in [4.69, 9.17) is 4.74 Å². The number of urea groups is 1. The molecule has 0 radical (unpaired) electrons. The molecule has 1 aromatic heterocycles. The van der Waals surface area contributed by atoms with Crippen LogP contribution in [-0.4, -0.2) is 65.5 Å². The van der Waals surface area contributed by atoms with Gasteiger partial charge in [0.15, 0.2) is 0 Å². The highest BCUT2D eigenvalue weighted by Crippen LogP contribution is 2.24. The first-order chi connectivity index (χ1) is 14.1. The Morgan fingerprint density at radius 3 is 2.72 bits per heavy atom. The van der Waals surface area contributed by atoms with Gasteiger partial charge in [-0.15, -0.1) is 0 Å². The molecule has 0 N–H and O–H groups in total. The Morgan fingerprint density at radius 1 is 1.14 bits per heavy atom. The van der Waals surface area contributed by atoms with Gasteiger partial charge in [-0.3, -0.25) is 14.7 Å². The largest absolute Gasteiger partial charge is 0.488 e. The first-order valence-corrected chi connectivity index (χ1v) is 9.77. The second-order valence-corrected chi connectivity index (χ2v) is 7.21. The van der Waals surface area contributed by atoms with Crippen LogP contribution in [-0.2, 0) is 4.79 Å².